The lowest BCUT2D eigenvalue weighted by Gasteiger charge is -2.17. The summed E-state index contributed by atoms with van der Waals surface area (Å²) in [5.41, 5.74) is 8.64. The molecule has 0 saturated heterocycles. The van der Waals surface area contributed by atoms with Crippen LogP contribution in [0.25, 0.3) is 82.2 Å². The van der Waals surface area contributed by atoms with Crippen molar-refractivity contribution in [2.45, 2.75) is 0 Å². The van der Waals surface area contributed by atoms with Gasteiger partial charge in [0.15, 0.2) is 7.14 Å². The van der Waals surface area contributed by atoms with Crippen LogP contribution in [0.2, 0.25) is 0 Å². The lowest BCUT2D eigenvalue weighted by molar-refractivity contribution is 0.593. The van der Waals surface area contributed by atoms with Crippen LogP contribution in [0.15, 0.2) is 164 Å². The monoisotopic (exact) mass is 642 g/mol. The van der Waals surface area contributed by atoms with Gasteiger partial charge in [0, 0.05) is 32.1 Å². The Balaban J connectivity index is 1.11. The number of para-hydroxylation sites is 2. The lowest BCUT2D eigenvalue weighted by Crippen LogP contribution is -2.20. The molecule has 228 valence electrons. The summed E-state index contributed by atoms with van der Waals surface area (Å²) in [6.07, 6.45) is 0. The fraction of sp³-hybridized carbons (Fsp3) is 0. The Morgan fingerprint density at radius 1 is 0.469 bits per heavy atom. The molecular formula is C45H27N2OP. The number of benzene rings is 8. The van der Waals surface area contributed by atoms with Gasteiger partial charge in [-0.15, -0.1) is 0 Å². The van der Waals surface area contributed by atoms with E-state index in [0.717, 1.165) is 76.5 Å². The Morgan fingerprint density at radius 3 is 1.96 bits per heavy atom. The highest BCUT2D eigenvalue weighted by Crippen LogP contribution is 2.52. The summed E-state index contributed by atoms with van der Waals surface area (Å²) in [5.74, 6) is 0. The zero-order valence-corrected chi connectivity index (χ0v) is 27.2. The average Bonchev–Trinajstić information content (AvgIpc) is 3.68. The number of hydrogen-bond donors (Lipinski definition) is 0. The second-order valence-electron chi connectivity index (χ2n) is 13.1. The van der Waals surface area contributed by atoms with Crippen LogP contribution in [0, 0.1) is 0 Å². The lowest BCUT2D eigenvalue weighted by atomic mass is 9.96. The third kappa shape index (κ3) is 3.63. The van der Waals surface area contributed by atoms with E-state index in [1.54, 1.807) is 0 Å². The first-order chi connectivity index (χ1) is 24.2. The molecule has 0 amide bonds. The van der Waals surface area contributed by atoms with E-state index in [1.807, 2.05) is 36.4 Å². The highest BCUT2D eigenvalue weighted by molar-refractivity contribution is 7.86. The van der Waals surface area contributed by atoms with Gasteiger partial charge in [0.25, 0.3) is 0 Å². The molecule has 1 aliphatic rings. The minimum atomic E-state index is -2.99. The van der Waals surface area contributed by atoms with Gasteiger partial charge >= 0.3 is 0 Å². The van der Waals surface area contributed by atoms with Gasteiger partial charge in [-0.05, 0) is 80.2 Å². The third-order valence-corrected chi connectivity index (χ3v) is 13.7. The molecule has 0 unspecified atom stereocenters. The van der Waals surface area contributed by atoms with Crippen LogP contribution in [0.3, 0.4) is 0 Å². The van der Waals surface area contributed by atoms with Crippen molar-refractivity contribution in [1.29, 1.82) is 0 Å². The highest BCUT2D eigenvalue weighted by atomic mass is 31.2. The molecule has 0 fully saturated rings. The summed E-state index contributed by atoms with van der Waals surface area (Å²) in [6.45, 7) is 0. The number of nitrogens with zero attached hydrogens (tertiary/aromatic N) is 2. The van der Waals surface area contributed by atoms with Gasteiger partial charge in [0.05, 0.1) is 16.6 Å². The van der Waals surface area contributed by atoms with E-state index in [1.165, 1.54) is 21.5 Å². The first-order valence-corrected chi connectivity index (χ1v) is 18.4. The van der Waals surface area contributed by atoms with Crippen LogP contribution in [-0.2, 0) is 4.57 Å². The van der Waals surface area contributed by atoms with Gasteiger partial charge in [-0.25, -0.2) is 4.98 Å². The van der Waals surface area contributed by atoms with E-state index in [4.69, 9.17) is 4.98 Å². The van der Waals surface area contributed by atoms with Gasteiger partial charge in [-0.2, -0.15) is 0 Å². The number of fused-ring (bicyclic) bond motifs is 14. The molecule has 3 heterocycles. The van der Waals surface area contributed by atoms with Crippen molar-refractivity contribution in [2.24, 2.45) is 0 Å². The van der Waals surface area contributed by atoms with Gasteiger partial charge in [-0.3, -0.25) is 4.40 Å². The Hall–Kier alpha value is -6.02. The van der Waals surface area contributed by atoms with Crippen LogP contribution < -0.4 is 15.9 Å². The standard InChI is InChI=1S/C45H27N2OP/c48-49(42-15-7-3-11-35(42)36-12-4-8-16-43(36)49)33-22-19-30-25-29(17-18-31(30)26-33)32-21-23-37-41(27-32)47-40-14-6-5-13-39(40)46-45(47)38-24-20-28-9-1-2-10-34(28)44(37)38/h1-27H. The first kappa shape index (κ1) is 27.0. The molecule has 1 aliphatic heterocycles. The van der Waals surface area contributed by atoms with Crippen molar-refractivity contribution in [2.75, 3.05) is 0 Å². The van der Waals surface area contributed by atoms with E-state index >= 15 is 4.57 Å². The molecule has 0 N–H and O–H groups in total. The molecule has 10 aromatic rings. The number of hydrogen-bond acceptors (Lipinski definition) is 2. The summed E-state index contributed by atoms with van der Waals surface area (Å²) in [7, 11) is -2.99. The minimum Gasteiger partial charge on any atom is -0.309 e. The third-order valence-electron chi connectivity index (χ3n) is 10.5. The van der Waals surface area contributed by atoms with Crippen LogP contribution in [-0.4, -0.2) is 9.38 Å². The van der Waals surface area contributed by atoms with Crippen molar-refractivity contribution in [3.63, 3.8) is 0 Å². The number of rotatable bonds is 2. The fourth-order valence-corrected chi connectivity index (χ4v) is 11.4. The first-order valence-electron chi connectivity index (χ1n) is 16.7. The predicted molar refractivity (Wildman–Crippen MR) is 207 cm³/mol. The van der Waals surface area contributed by atoms with E-state index in [0.29, 0.717) is 0 Å². The SMILES string of the molecule is O=P1(c2ccc3cc(-c4ccc5c6c7ccccc7ccc6c6nc7ccccc7n6c5c4)ccc3c2)c2ccccc2-c2ccccc21. The highest BCUT2D eigenvalue weighted by Gasteiger charge is 2.39. The zero-order chi connectivity index (χ0) is 32.3. The van der Waals surface area contributed by atoms with Gasteiger partial charge in [0.1, 0.15) is 5.65 Å². The molecule has 0 spiro atoms. The van der Waals surface area contributed by atoms with E-state index in [-0.39, 0.29) is 0 Å². The summed E-state index contributed by atoms with van der Waals surface area (Å²) in [6, 6.07) is 57.6. The molecule has 0 aliphatic carbocycles. The number of pyridine rings is 1. The molecular weight excluding hydrogens is 615 g/mol. The van der Waals surface area contributed by atoms with Crippen molar-refractivity contribution in [3.8, 4) is 22.3 Å². The van der Waals surface area contributed by atoms with E-state index < -0.39 is 7.14 Å². The second-order valence-corrected chi connectivity index (χ2v) is 15.8. The maximum atomic E-state index is 15.1. The van der Waals surface area contributed by atoms with Crippen LogP contribution in [0.4, 0.5) is 0 Å². The van der Waals surface area contributed by atoms with E-state index in [2.05, 4.69) is 132 Å². The maximum absolute atomic E-state index is 15.1. The predicted octanol–water partition coefficient (Wildman–Crippen LogP) is 10.4. The smallest absolute Gasteiger partial charge is 0.172 e. The van der Waals surface area contributed by atoms with Gasteiger partial charge in [0.2, 0.25) is 0 Å². The van der Waals surface area contributed by atoms with Crippen molar-refractivity contribution < 1.29 is 4.57 Å². The zero-order valence-electron chi connectivity index (χ0n) is 26.3. The number of imidazole rings is 1. The summed E-state index contributed by atoms with van der Waals surface area (Å²) in [5, 5.41) is 11.0. The summed E-state index contributed by atoms with van der Waals surface area (Å²) in [4.78, 5) is 5.16. The Kier molecular flexibility index (Phi) is 5.38. The van der Waals surface area contributed by atoms with Crippen molar-refractivity contribution >= 4 is 83.0 Å². The molecule has 11 rings (SSSR count). The van der Waals surface area contributed by atoms with E-state index in [9.17, 15) is 0 Å². The summed E-state index contributed by atoms with van der Waals surface area (Å²) < 4.78 is 17.4. The molecule has 0 atom stereocenters. The molecule has 0 saturated carbocycles. The Labute approximate surface area is 282 Å². The molecule has 4 heteroatoms. The molecule has 49 heavy (non-hydrogen) atoms. The van der Waals surface area contributed by atoms with Gasteiger partial charge in [-0.1, -0.05) is 127 Å². The van der Waals surface area contributed by atoms with Crippen molar-refractivity contribution in [3.05, 3.63) is 164 Å². The van der Waals surface area contributed by atoms with Crippen molar-refractivity contribution in [1.82, 2.24) is 9.38 Å². The fourth-order valence-electron chi connectivity index (χ4n) is 8.27. The largest absolute Gasteiger partial charge is 0.309 e. The molecule has 0 radical (unpaired) electrons. The van der Waals surface area contributed by atoms with Gasteiger partial charge < -0.3 is 4.57 Å². The molecule has 8 aromatic carbocycles. The Bertz CT molecular complexity index is 3050. The van der Waals surface area contributed by atoms with Crippen LogP contribution in [0.1, 0.15) is 0 Å². The molecule has 3 nitrogen and oxygen atoms in total. The quantitative estimate of drug-likeness (QED) is 0.139. The number of aromatic nitrogens is 2. The molecule has 0 bridgehead atoms. The molecule has 2 aromatic heterocycles. The van der Waals surface area contributed by atoms with Crippen LogP contribution >= 0.6 is 7.14 Å². The maximum Gasteiger partial charge on any atom is 0.172 e. The second kappa shape index (κ2) is 9.76. The normalized spacial score (nSPS) is 13.6. The Morgan fingerprint density at radius 2 is 1.10 bits per heavy atom. The summed E-state index contributed by atoms with van der Waals surface area (Å²) >= 11 is 0. The van der Waals surface area contributed by atoms with Crippen LogP contribution in [0.5, 0.6) is 0 Å². The topological polar surface area (TPSA) is 34.4 Å². The average molecular weight is 643 g/mol. The minimum absolute atomic E-state index is 0.879.